The van der Waals surface area contributed by atoms with Gasteiger partial charge >= 0.3 is 0 Å². The number of likely N-dealkylation sites (tertiary alicyclic amines) is 1. The zero-order chi connectivity index (χ0) is 28.0. The van der Waals surface area contributed by atoms with Crippen LogP contribution in [0.1, 0.15) is 41.1 Å². The Balaban J connectivity index is 1.59. The van der Waals surface area contributed by atoms with E-state index in [0.717, 1.165) is 11.1 Å². The van der Waals surface area contributed by atoms with E-state index >= 15 is 0 Å². The summed E-state index contributed by atoms with van der Waals surface area (Å²) >= 11 is 0. The highest BCUT2D eigenvalue weighted by Crippen LogP contribution is 2.31. The van der Waals surface area contributed by atoms with Crippen molar-refractivity contribution < 1.29 is 18.0 Å². The first-order valence-corrected chi connectivity index (χ1v) is 14.0. The van der Waals surface area contributed by atoms with E-state index in [4.69, 9.17) is 16.3 Å². The van der Waals surface area contributed by atoms with E-state index in [1.807, 2.05) is 60.7 Å². The van der Waals surface area contributed by atoms with Crippen molar-refractivity contribution in [1.29, 1.82) is 5.41 Å². The monoisotopic (exact) mass is 549 g/mol. The molecule has 2 heterocycles. The Bertz CT molecular complexity index is 1380. The van der Waals surface area contributed by atoms with Gasteiger partial charge in [0.15, 0.2) is 0 Å². The first-order chi connectivity index (χ1) is 18.6. The number of hydrogen-bond donors (Lipinski definition) is 5. The molecule has 3 aromatic rings. The topological polar surface area (TPSA) is 184 Å². The van der Waals surface area contributed by atoms with Crippen LogP contribution in [-0.2, 0) is 26.3 Å². The summed E-state index contributed by atoms with van der Waals surface area (Å²) in [7, 11) is -4.28. The lowest BCUT2D eigenvalue weighted by molar-refractivity contribution is -0.140. The van der Waals surface area contributed by atoms with Crippen molar-refractivity contribution in [2.24, 2.45) is 10.9 Å². The molecule has 1 aliphatic heterocycles. The summed E-state index contributed by atoms with van der Waals surface area (Å²) in [6, 6.07) is 19.4. The van der Waals surface area contributed by atoms with Gasteiger partial charge in [-0.05, 0) is 36.1 Å². The average Bonchev–Trinajstić information content (AvgIpc) is 3.42. The first kappa shape index (κ1) is 27.9. The molecular weight excluding hydrogens is 518 g/mol. The van der Waals surface area contributed by atoms with Gasteiger partial charge in [0.05, 0.1) is 12.2 Å². The van der Waals surface area contributed by atoms with Gasteiger partial charge in [-0.3, -0.25) is 20.0 Å². The zero-order valence-corrected chi connectivity index (χ0v) is 22.0. The molecule has 0 spiro atoms. The van der Waals surface area contributed by atoms with E-state index < -0.39 is 34.1 Å². The third kappa shape index (κ3) is 7.05. The van der Waals surface area contributed by atoms with Crippen LogP contribution in [0.25, 0.3) is 0 Å². The number of carbonyl (C=O) groups excluding carboxylic acids is 2. The van der Waals surface area contributed by atoms with E-state index in [0.29, 0.717) is 30.6 Å². The number of aromatic nitrogens is 1. The standard InChI is InChI=1S/C27H31N7O4S/c28-25(29)20-13-14-21(31-16-20)17-32-26(35)22-12-7-15-34(22)27(36)24(33-39(30,37)38)23(18-8-3-1-4-9-18)19-10-5-2-6-11-19/h1-6,8-11,13-14,16,22-24,33H,7,12,15,17H2,(H3,28,29)(H,32,35)(H2,30,37,38)/t22-,24?/m0/s1. The highest BCUT2D eigenvalue weighted by molar-refractivity contribution is 7.87. The van der Waals surface area contributed by atoms with Gasteiger partial charge in [-0.15, -0.1) is 0 Å². The fourth-order valence-corrected chi connectivity index (χ4v) is 5.39. The molecule has 1 fully saturated rings. The lowest BCUT2D eigenvalue weighted by Gasteiger charge is -2.33. The number of amides is 2. The summed E-state index contributed by atoms with van der Waals surface area (Å²) < 4.78 is 26.9. The summed E-state index contributed by atoms with van der Waals surface area (Å²) in [4.78, 5) is 32.8. The molecule has 2 amide bonds. The van der Waals surface area contributed by atoms with Crippen molar-refractivity contribution in [2.45, 2.75) is 37.4 Å². The second-order valence-corrected chi connectivity index (χ2v) is 10.6. The van der Waals surface area contributed by atoms with Crippen LogP contribution in [-0.4, -0.2) is 54.6 Å². The van der Waals surface area contributed by atoms with E-state index in [9.17, 15) is 18.0 Å². The molecular formula is C27H31N7O4S. The molecule has 2 atom stereocenters. The van der Waals surface area contributed by atoms with Crippen LogP contribution < -0.4 is 20.9 Å². The summed E-state index contributed by atoms with van der Waals surface area (Å²) in [5.74, 6) is -1.70. The molecule has 2 aromatic carbocycles. The second-order valence-electron chi connectivity index (χ2n) is 9.30. The van der Waals surface area contributed by atoms with Crippen molar-refractivity contribution >= 4 is 27.9 Å². The minimum Gasteiger partial charge on any atom is -0.384 e. The molecule has 39 heavy (non-hydrogen) atoms. The average molecular weight is 550 g/mol. The van der Waals surface area contributed by atoms with E-state index in [1.165, 1.54) is 11.1 Å². The number of amidine groups is 1. The maximum Gasteiger partial charge on any atom is 0.275 e. The molecule has 204 valence electrons. The molecule has 0 bridgehead atoms. The molecule has 0 aliphatic carbocycles. The maximum atomic E-state index is 14.0. The minimum absolute atomic E-state index is 0.106. The molecule has 1 aliphatic rings. The number of rotatable bonds is 10. The normalized spacial score (nSPS) is 16.2. The Morgan fingerprint density at radius 1 is 1.03 bits per heavy atom. The predicted molar refractivity (Wildman–Crippen MR) is 147 cm³/mol. The second kappa shape index (κ2) is 12.2. The summed E-state index contributed by atoms with van der Waals surface area (Å²) in [6.45, 7) is 0.409. The number of nitrogens with one attached hydrogen (secondary N) is 3. The minimum atomic E-state index is -4.28. The smallest absolute Gasteiger partial charge is 0.275 e. The highest BCUT2D eigenvalue weighted by atomic mass is 32.2. The van der Waals surface area contributed by atoms with Crippen molar-refractivity contribution in [3.63, 3.8) is 0 Å². The molecule has 4 rings (SSSR count). The van der Waals surface area contributed by atoms with Gasteiger partial charge in [0.2, 0.25) is 11.8 Å². The zero-order valence-electron chi connectivity index (χ0n) is 21.2. The van der Waals surface area contributed by atoms with Gasteiger partial charge in [0.1, 0.15) is 17.9 Å². The SMILES string of the molecule is N=C(N)c1ccc(CNC(=O)[C@@H]2CCCN2C(=O)C(NS(N)(=O)=O)C(c2ccccc2)c2ccccc2)nc1. The van der Waals surface area contributed by atoms with Gasteiger partial charge in [-0.2, -0.15) is 13.1 Å². The highest BCUT2D eigenvalue weighted by Gasteiger charge is 2.42. The van der Waals surface area contributed by atoms with Crippen molar-refractivity contribution in [3.8, 4) is 0 Å². The molecule has 7 N–H and O–H groups in total. The molecule has 12 heteroatoms. The van der Waals surface area contributed by atoms with Gasteiger partial charge in [-0.25, -0.2) is 5.14 Å². The maximum absolute atomic E-state index is 14.0. The third-order valence-electron chi connectivity index (χ3n) is 6.63. The van der Waals surface area contributed by atoms with Gasteiger partial charge in [-0.1, -0.05) is 60.7 Å². The van der Waals surface area contributed by atoms with E-state index in [-0.39, 0.29) is 18.3 Å². The van der Waals surface area contributed by atoms with Crippen LogP contribution in [0.15, 0.2) is 79.0 Å². The van der Waals surface area contributed by atoms with E-state index in [2.05, 4.69) is 15.0 Å². The van der Waals surface area contributed by atoms with E-state index in [1.54, 1.807) is 12.1 Å². The lowest BCUT2D eigenvalue weighted by atomic mass is 9.84. The number of carbonyl (C=O) groups is 2. The summed E-state index contributed by atoms with van der Waals surface area (Å²) in [5, 5.41) is 15.7. The molecule has 1 saturated heterocycles. The fraction of sp³-hybridized carbons (Fsp3) is 0.259. The molecule has 11 nitrogen and oxygen atoms in total. The number of nitrogens with two attached hydrogens (primary N) is 2. The number of benzene rings is 2. The molecule has 0 saturated carbocycles. The summed E-state index contributed by atoms with van der Waals surface area (Å²) in [6.07, 6.45) is 2.46. The van der Waals surface area contributed by atoms with Gasteiger partial charge in [0.25, 0.3) is 10.2 Å². The molecule has 1 unspecified atom stereocenters. The van der Waals surface area contributed by atoms with Crippen LogP contribution in [0.5, 0.6) is 0 Å². The van der Waals surface area contributed by atoms with Crippen molar-refractivity contribution in [2.75, 3.05) is 6.54 Å². The summed E-state index contributed by atoms with van der Waals surface area (Å²) in [5.41, 5.74) is 7.93. The Hall–Kier alpha value is -4.13. The van der Waals surface area contributed by atoms with Crippen LogP contribution in [0, 0.1) is 5.41 Å². The van der Waals surface area contributed by atoms with Crippen molar-refractivity contribution in [1.82, 2.24) is 19.9 Å². The van der Waals surface area contributed by atoms with Gasteiger partial charge < -0.3 is 16.0 Å². The van der Waals surface area contributed by atoms with Crippen LogP contribution >= 0.6 is 0 Å². The molecule has 1 aromatic heterocycles. The Labute approximate surface area is 227 Å². The quantitative estimate of drug-likeness (QED) is 0.185. The first-order valence-electron chi connectivity index (χ1n) is 12.4. The Kier molecular flexibility index (Phi) is 8.69. The van der Waals surface area contributed by atoms with Crippen LogP contribution in [0.2, 0.25) is 0 Å². The fourth-order valence-electron chi connectivity index (χ4n) is 4.80. The van der Waals surface area contributed by atoms with Crippen LogP contribution in [0.4, 0.5) is 0 Å². The third-order valence-corrected chi connectivity index (χ3v) is 7.21. The number of nitrogens with zero attached hydrogens (tertiary/aromatic N) is 2. The number of pyridine rings is 1. The predicted octanol–water partition coefficient (Wildman–Crippen LogP) is 0.967. The Morgan fingerprint density at radius 3 is 2.15 bits per heavy atom. The number of nitrogen functional groups attached to an aromatic ring is 1. The largest absolute Gasteiger partial charge is 0.384 e. The van der Waals surface area contributed by atoms with Crippen molar-refractivity contribution in [3.05, 3.63) is 101 Å². The van der Waals surface area contributed by atoms with Gasteiger partial charge in [0, 0.05) is 24.2 Å². The Morgan fingerprint density at radius 2 is 1.64 bits per heavy atom. The molecule has 0 radical (unpaired) electrons. The van der Waals surface area contributed by atoms with Crippen LogP contribution in [0.3, 0.4) is 0 Å². The number of hydrogen-bond acceptors (Lipinski definition) is 6. The lowest BCUT2D eigenvalue weighted by Crippen LogP contribution is -2.56.